The van der Waals surface area contributed by atoms with Crippen molar-refractivity contribution in [1.82, 2.24) is 4.98 Å². The van der Waals surface area contributed by atoms with Crippen LogP contribution >= 0.6 is 15.9 Å². The van der Waals surface area contributed by atoms with E-state index in [4.69, 9.17) is 15.3 Å². The van der Waals surface area contributed by atoms with E-state index in [9.17, 15) is 0 Å². The van der Waals surface area contributed by atoms with E-state index in [2.05, 4.69) is 20.9 Å². The Morgan fingerprint density at radius 3 is 3.07 bits per heavy atom. The summed E-state index contributed by atoms with van der Waals surface area (Å²) in [5.74, 6) is 0.362. The van der Waals surface area contributed by atoms with Gasteiger partial charge in [-0.1, -0.05) is 15.9 Å². The zero-order valence-corrected chi connectivity index (χ0v) is 8.86. The summed E-state index contributed by atoms with van der Waals surface area (Å²) in [5, 5.41) is 8.83. The molecule has 5 heteroatoms. The molecule has 0 saturated carbocycles. The van der Waals surface area contributed by atoms with Gasteiger partial charge in [0.25, 0.3) is 0 Å². The quantitative estimate of drug-likeness (QED) is 0.856. The van der Waals surface area contributed by atoms with Crippen molar-refractivity contribution in [1.29, 1.82) is 0 Å². The first-order valence-electron chi connectivity index (χ1n) is 4.13. The van der Waals surface area contributed by atoms with Crippen LogP contribution in [0.2, 0.25) is 0 Å². The molecular weight excluding hydrogens is 248 g/mol. The molecule has 0 radical (unpaired) electrons. The van der Waals surface area contributed by atoms with Crippen molar-refractivity contribution < 1.29 is 9.52 Å². The van der Waals surface area contributed by atoms with Gasteiger partial charge in [-0.2, -0.15) is 0 Å². The number of hydrogen-bond acceptors (Lipinski definition) is 4. The number of aliphatic hydroxyl groups excluding tert-OH is 1. The molecule has 0 aliphatic rings. The van der Waals surface area contributed by atoms with Gasteiger partial charge >= 0.3 is 0 Å². The van der Waals surface area contributed by atoms with E-state index >= 15 is 0 Å². The highest BCUT2D eigenvalue weighted by molar-refractivity contribution is 9.10. The fourth-order valence-electron chi connectivity index (χ4n) is 1.16. The third-order valence-electron chi connectivity index (χ3n) is 1.88. The van der Waals surface area contributed by atoms with Crippen LogP contribution in [0.3, 0.4) is 0 Å². The molecule has 0 amide bonds. The van der Waals surface area contributed by atoms with Gasteiger partial charge in [0.05, 0.1) is 6.61 Å². The van der Waals surface area contributed by atoms with Crippen molar-refractivity contribution in [2.24, 2.45) is 5.73 Å². The second-order valence-corrected chi connectivity index (χ2v) is 3.87. The lowest BCUT2D eigenvalue weighted by Crippen LogP contribution is -2.14. The molecule has 2 rings (SSSR count). The Balaban J connectivity index is 2.51. The van der Waals surface area contributed by atoms with E-state index in [1.54, 1.807) is 6.07 Å². The molecule has 1 aromatic heterocycles. The number of halogens is 1. The van der Waals surface area contributed by atoms with Crippen molar-refractivity contribution in [2.75, 3.05) is 6.61 Å². The highest BCUT2D eigenvalue weighted by atomic mass is 79.9. The number of nitrogens with two attached hydrogens (primary N) is 1. The van der Waals surface area contributed by atoms with Crippen molar-refractivity contribution in [2.45, 2.75) is 6.04 Å². The van der Waals surface area contributed by atoms with Gasteiger partial charge in [0.15, 0.2) is 5.58 Å². The largest absolute Gasteiger partial charge is 0.439 e. The molecule has 1 aromatic carbocycles. The van der Waals surface area contributed by atoms with E-state index in [1.165, 1.54) is 0 Å². The summed E-state index contributed by atoms with van der Waals surface area (Å²) in [5.41, 5.74) is 6.99. The molecule has 1 unspecified atom stereocenters. The SMILES string of the molecule is NC(CO)c1nc2cc(Br)ccc2o1. The number of hydrogen-bond donors (Lipinski definition) is 2. The van der Waals surface area contributed by atoms with Crippen molar-refractivity contribution in [3.63, 3.8) is 0 Å². The summed E-state index contributed by atoms with van der Waals surface area (Å²) >= 11 is 3.33. The van der Waals surface area contributed by atoms with E-state index < -0.39 is 6.04 Å². The number of fused-ring (bicyclic) bond motifs is 1. The molecule has 3 N–H and O–H groups in total. The Morgan fingerprint density at radius 2 is 2.36 bits per heavy atom. The van der Waals surface area contributed by atoms with E-state index in [0.29, 0.717) is 11.5 Å². The highest BCUT2D eigenvalue weighted by Crippen LogP contribution is 2.22. The molecule has 14 heavy (non-hydrogen) atoms. The first kappa shape index (κ1) is 9.64. The summed E-state index contributed by atoms with van der Waals surface area (Å²) in [6, 6.07) is 4.95. The number of rotatable bonds is 2. The molecule has 1 atom stereocenters. The Labute approximate surface area is 88.9 Å². The van der Waals surface area contributed by atoms with Crippen LogP contribution in [0.5, 0.6) is 0 Å². The maximum Gasteiger partial charge on any atom is 0.214 e. The smallest absolute Gasteiger partial charge is 0.214 e. The zero-order chi connectivity index (χ0) is 10.1. The Kier molecular flexibility index (Phi) is 2.54. The second kappa shape index (κ2) is 3.68. The third kappa shape index (κ3) is 1.66. The first-order valence-corrected chi connectivity index (χ1v) is 4.92. The van der Waals surface area contributed by atoms with Gasteiger partial charge in [-0.3, -0.25) is 0 Å². The molecule has 0 bridgehead atoms. The number of aliphatic hydroxyl groups is 1. The highest BCUT2D eigenvalue weighted by Gasteiger charge is 2.12. The van der Waals surface area contributed by atoms with Gasteiger partial charge in [0.2, 0.25) is 5.89 Å². The lowest BCUT2D eigenvalue weighted by atomic mass is 10.3. The van der Waals surface area contributed by atoms with Crippen LogP contribution in [0.1, 0.15) is 11.9 Å². The summed E-state index contributed by atoms with van der Waals surface area (Å²) in [7, 11) is 0. The molecule has 0 aliphatic carbocycles. The predicted molar refractivity (Wildman–Crippen MR) is 55.7 cm³/mol. The monoisotopic (exact) mass is 256 g/mol. The fourth-order valence-corrected chi connectivity index (χ4v) is 1.50. The van der Waals surface area contributed by atoms with Crippen LogP contribution in [0.15, 0.2) is 27.1 Å². The van der Waals surface area contributed by atoms with Crippen LogP contribution in [0.4, 0.5) is 0 Å². The molecular formula is C9H9BrN2O2. The molecule has 2 aromatic rings. The molecule has 0 saturated heterocycles. The normalized spacial score (nSPS) is 13.4. The second-order valence-electron chi connectivity index (χ2n) is 2.95. The molecule has 4 nitrogen and oxygen atoms in total. The maximum absolute atomic E-state index is 8.83. The van der Waals surface area contributed by atoms with Gasteiger partial charge in [-0.05, 0) is 18.2 Å². The van der Waals surface area contributed by atoms with Gasteiger partial charge in [0.1, 0.15) is 11.6 Å². The standard InChI is InChI=1S/C9H9BrN2O2/c10-5-1-2-8-7(3-5)12-9(14-8)6(11)4-13/h1-3,6,13H,4,11H2. The number of oxazole rings is 1. The lowest BCUT2D eigenvalue weighted by molar-refractivity contribution is 0.250. The maximum atomic E-state index is 8.83. The summed E-state index contributed by atoms with van der Waals surface area (Å²) in [4.78, 5) is 4.16. The van der Waals surface area contributed by atoms with Gasteiger partial charge < -0.3 is 15.3 Å². The number of benzene rings is 1. The van der Waals surface area contributed by atoms with E-state index in [1.807, 2.05) is 12.1 Å². The van der Waals surface area contributed by atoms with E-state index in [-0.39, 0.29) is 6.61 Å². The number of aromatic nitrogens is 1. The Bertz CT molecular complexity index is 455. The minimum absolute atomic E-state index is 0.173. The minimum atomic E-state index is -0.554. The summed E-state index contributed by atoms with van der Waals surface area (Å²) < 4.78 is 6.29. The average molecular weight is 257 g/mol. The minimum Gasteiger partial charge on any atom is -0.439 e. The summed E-state index contributed by atoms with van der Waals surface area (Å²) in [6.07, 6.45) is 0. The number of nitrogens with zero attached hydrogens (tertiary/aromatic N) is 1. The van der Waals surface area contributed by atoms with Gasteiger partial charge in [-0.25, -0.2) is 4.98 Å². The van der Waals surface area contributed by atoms with Crippen molar-refractivity contribution in [3.8, 4) is 0 Å². The molecule has 74 valence electrons. The van der Waals surface area contributed by atoms with Crippen LogP contribution < -0.4 is 5.73 Å². The molecule has 0 fully saturated rings. The van der Waals surface area contributed by atoms with Crippen LogP contribution in [-0.4, -0.2) is 16.7 Å². The van der Waals surface area contributed by atoms with Crippen LogP contribution in [0, 0.1) is 0 Å². The van der Waals surface area contributed by atoms with Gasteiger partial charge in [0, 0.05) is 4.47 Å². The molecule has 0 aliphatic heterocycles. The lowest BCUT2D eigenvalue weighted by Gasteiger charge is -1.99. The first-order chi connectivity index (χ1) is 6.70. The molecule has 0 spiro atoms. The zero-order valence-electron chi connectivity index (χ0n) is 7.27. The average Bonchev–Trinajstić information content (AvgIpc) is 2.59. The predicted octanol–water partition coefficient (Wildman–Crippen LogP) is 1.58. The Morgan fingerprint density at radius 1 is 1.57 bits per heavy atom. The Hall–Kier alpha value is -0.910. The fraction of sp³-hybridized carbons (Fsp3) is 0.222. The van der Waals surface area contributed by atoms with Crippen molar-refractivity contribution >= 4 is 27.0 Å². The van der Waals surface area contributed by atoms with Crippen LogP contribution in [0.25, 0.3) is 11.1 Å². The molecule has 1 heterocycles. The van der Waals surface area contributed by atoms with E-state index in [0.717, 1.165) is 9.99 Å². The topological polar surface area (TPSA) is 72.3 Å². The summed E-state index contributed by atoms with van der Waals surface area (Å²) in [6.45, 7) is -0.173. The van der Waals surface area contributed by atoms with Gasteiger partial charge in [-0.15, -0.1) is 0 Å². The van der Waals surface area contributed by atoms with Crippen LogP contribution in [-0.2, 0) is 0 Å². The third-order valence-corrected chi connectivity index (χ3v) is 2.37. The van der Waals surface area contributed by atoms with Crippen molar-refractivity contribution in [3.05, 3.63) is 28.6 Å².